The number of quaternary nitrogens is 1. The lowest BCUT2D eigenvalue weighted by Gasteiger charge is -2.13. The van der Waals surface area contributed by atoms with Crippen LogP contribution in [-0.4, -0.2) is 19.6 Å². The number of amides is 1. The molecule has 0 spiro atoms. The predicted molar refractivity (Wildman–Crippen MR) is 90.9 cm³/mol. The molecule has 2 aromatic rings. The third-order valence-corrected chi connectivity index (χ3v) is 4.18. The lowest BCUT2D eigenvalue weighted by molar-refractivity contribution is -0.682. The van der Waals surface area contributed by atoms with E-state index in [0.717, 1.165) is 34.0 Å². The van der Waals surface area contributed by atoms with Gasteiger partial charge in [0.15, 0.2) is 6.54 Å². The Bertz CT molecular complexity index is 741. The van der Waals surface area contributed by atoms with E-state index in [1.54, 1.807) is 12.4 Å². The molecule has 0 aromatic heterocycles. The maximum atomic E-state index is 13.5. The Morgan fingerprint density at radius 2 is 2.04 bits per heavy atom. The first-order chi connectivity index (χ1) is 11.4. The lowest BCUT2D eigenvalue weighted by atomic mass is 10.1. The number of carbonyl (C=O) groups excluding carboxylic acids is 1. The molecule has 0 aliphatic carbocycles. The summed E-state index contributed by atoms with van der Waals surface area (Å²) >= 11 is 3.42. The molecule has 0 saturated heterocycles. The molecule has 0 radical (unpaired) electrons. The number of benzene rings is 2. The number of ether oxygens (including phenoxy) is 1. The summed E-state index contributed by atoms with van der Waals surface area (Å²) in [5.41, 5.74) is 0.848. The fraction of sp³-hybridized carbons (Fsp3) is 0.235. The van der Waals surface area contributed by atoms with Crippen LogP contribution < -0.4 is 15.4 Å². The van der Waals surface area contributed by atoms with Crippen molar-refractivity contribution in [3.63, 3.8) is 0 Å². The Morgan fingerprint density at radius 3 is 2.71 bits per heavy atom. The second kappa shape index (κ2) is 8.21. The van der Waals surface area contributed by atoms with Crippen molar-refractivity contribution in [1.82, 2.24) is 0 Å². The van der Waals surface area contributed by atoms with E-state index in [-0.39, 0.29) is 18.3 Å². The highest BCUT2D eigenvalue weighted by Gasteiger charge is 2.14. The quantitative estimate of drug-likeness (QED) is 0.784. The number of hydrogen-bond acceptors (Lipinski definition) is 2. The number of hydrogen-bond donors (Lipinski definition) is 2. The van der Waals surface area contributed by atoms with Gasteiger partial charge in [-0.2, -0.15) is 0 Å². The van der Waals surface area contributed by atoms with Gasteiger partial charge in [0, 0.05) is 11.6 Å². The fourth-order valence-corrected chi connectivity index (χ4v) is 2.74. The van der Waals surface area contributed by atoms with Gasteiger partial charge in [-0.1, -0.05) is 0 Å². The van der Waals surface area contributed by atoms with E-state index in [9.17, 15) is 13.6 Å². The first kappa shape index (κ1) is 18.4. The molecule has 1 atom stereocenters. The van der Waals surface area contributed by atoms with E-state index in [1.165, 1.54) is 0 Å². The molecule has 24 heavy (non-hydrogen) atoms. The van der Waals surface area contributed by atoms with Crippen LogP contribution in [0.4, 0.5) is 14.5 Å². The Balaban J connectivity index is 1.93. The third kappa shape index (κ3) is 4.75. The van der Waals surface area contributed by atoms with Crippen LogP contribution in [-0.2, 0) is 4.79 Å². The van der Waals surface area contributed by atoms with Gasteiger partial charge in [0.2, 0.25) is 0 Å². The highest BCUT2D eigenvalue weighted by Crippen LogP contribution is 2.27. The van der Waals surface area contributed by atoms with Gasteiger partial charge in [-0.3, -0.25) is 4.79 Å². The van der Waals surface area contributed by atoms with Gasteiger partial charge in [0.25, 0.3) is 5.91 Å². The highest BCUT2D eigenvalue weighted by atomic mass is 79.9. The van der Waals surface area contributed by atoms with Crippen molar-refractivity contribution < 1.29 is 23.6 Å². The normalized spacial score (nSPS) is 11.9. The molecule has 3 N–H and O–H groups in total. The average Bonchev–Trinajstić information content (AvgIpc) is 2.56. The van der Waals surface area contributed by atoms with Crippen molar-refractivity contribution in [2.75, 3.05) is 19.0 Å². The first-order valence-electron chi connectivity index (χ1n) is 7.32. The zero-order valence-corrected chi connectivity index (χ0v) is 14.9. The Kier molecular flexibility index (Phi) is 6.28. The number of anilines is 1. The van der Waals surface area contributed by atoms with E-state index in [4.69, 9.17) is 4.74 Å². The number of rotatable bonds is 6. The van der Waals surface area contributed by atoms with Crippen LogP contribution in [0, 0.1) is 11.6 Å². The number of nitrogens with one attached hydrogen (secondary N) is 1. The predicted octanol–water partition coefficient (Wildman–Crippen LogP) is 3.00. The smallest absolute Gasteiger partial charge is 0.279 e. The minimum Gasteiger partial charge on any atom is -0.496 e. The minimum absolute atomic E-state index is 0.00955. The molecule has 7 heteroatoms. The van der Waals surface area contributed by atoms with E-state index in [0.29, 0.717) is 0 Å². The van der Waals surface area contributed by atoms with Gasteiger partial charge in [-0.15, -0.1) is 0 Å². The topological polar surface area (TPSA) is 54.9 Å². The van der Waals surface area contributed by atoms with Gasteiger partial charge in [-0.05, 0) is 53.2 Å². The molecule has 2 aromatic carbocycles. The molecule has 0 bridgehead atoms. The molecule has 0 fully saturated rings. The highest BCUT2D eigenvalue weighted by molar-refractivity contribution is 9.10. The summed E-state index contributed by atoms with van der Waals surface area (Å²) in [4.78, 5) is 11.9. The first-order valence-corrected chi connectivity index (χ1v) is 8.11. The van der Waals surface area contributed by atoms with Crippen LogP contribution in [0.3, 0.4) is 0 Å². The summed E-state index contributed by atoms with van der Waals surface area (Å²) in [5, 5.41) is 4.18. The second-order valence-corrected chi connectivity index (χ2v) is 6.15. The Hall–Kier alpha value is -1.99. The van der Waals surface area contributed by atoms with Gasteiger partial charge in [-0.25, -0.2) is 8.78 Å². The van der Waals surface area contributed by atoms with Gasteiger partial charge in [0.1, 0.15) is 23.4 Å². The summed E-state index contributed by atoms with van der Waals surface area (Å²) < 4.78 is 32.6. The standard InChI is InChI=1S/C17H17BrF2N2O2/c1-10(11-3-6-16(24-2)13(18)7-11)21-9-17(23)22-15-8-12(19)4-5-14(15)20/h3-8,10,21H,9H2,1-2H3,(H,22,23)/p+1/t10-/m1/s1. The third-order valence-electron chi connectivity index (χ3n) is 3.56. The van der Waals surface area contributed by atoms with Crippen LogP contribution >= 0.6 is 15.9 Å². The summed E-state index contributed by atoms with van der Waals surface area (Å²) in [5.74, 6) is -0.951. The number of carbonyl (C=O) groups is 1. The van der Waals surface area contributed by atoms with Crippen molar-refractivity contribution >= 4 is 27.5 Å². The number of halogens is 3. The SMILES string of the molecule is COc1ccc([C@@H](C)[NH2+]CC(=O)Nc2cc(F)ccc2F)cc1Br. The van der Waals surface area contributed by atoms with E-state index in [1.807, 2.05) is 25.1 Å². The zero-order valence-electron chi connectivity index (χ0n) is 13.3. The maximum Gasteiger partial charge on any atom is 0.279 e. The molecule has 0 unspecified atom stereocenters. The van der Waals surface area contributed by atoms with Gasteiger partial charge in [0.05, 0.1) is 17.3 Å². The molecule has 1 amide bonds. The van der Waals surface area contributed by atoms with Crippen molar-refractivity contribution in [1.29, 1.82) is 0 Å². The monoisotopic (exact) mass is 399 g/mol. The van der Waals surface area contributed by atoms with Gasteiger partial charge >= 0.3 is 0 Å². The molecule has 0 saturated carbocycles. The minimum atomic E-state index is -0.670. The van der Waals surface area contributed by atoms with E-state index < -0.39 is 17.5 Å². The molecular formula is C17H18BrF2N2O2+. The Morgan fingerprint density at radius 1 is 1.29 bits per heavy atom. The van der Waals surface area contributed by atoms with Crippen LogP contribution in [0.1, 0.15) is 18.5 Å². The second-order valence-electron chi connectivity index (χ2n) is 5.29. The number of nitrogens with two attached hydrogens (primary N) is 1. The van der Waals surface area contributed by atoms with Crippen molar-refractivity contribution in [2.24, 2.45) is 0 Å². The largest absolute Gasteiger partial charge is 0.496 e. The molecule has 0 aliphatic rings. The maximum absolute atomic E-state index is 13.5. The fourth-order valence-electron chi connectivity index (χ4n) is 2.18. The van der Waals surface area contributed by atoms with E-state index >= 15 is 0 Å². The van der Waals surface area contributed by atoms with Crippen LogP contribution in [0.2, 0.25) is 0 Å². The molecule has 4 nitrogen and oxygen atoms in total. The van der Waals surface area contributed by atoms with Crippen LogP contribution in [0.25, 0.3) is 0 Å². The van der Waals surface area contributed by atoms with Gasteiger partial charge < -0.3 is 15.4 Å². The van der Waals surface area contributed by atoms with Crippen LogP contribution in [0.5, 0.6) is 5.75 Å². The average molecular weight is 400 g/mol. The zero-order chi connectivity index (χ0) is 17.7. The van der Waals surface area contributed by atoms with Crippen molar-refractivity contribution in [3.05, 3.63) is 58.1 Å². The van der Waals surface area contributed by atoms with Crippen molar-refractivity contribution in [3.8, 4) is 5.75 Å². The number of methoxy groups -OCH3 is 1. The van der Waals surface area contributed by atoms with E-state index in [2.05, 4.69) is 21.2 Å². The molecular weight excluding hydrogens is 382 g/mol. The molecule has 0 heterocycles. The van der Waals surface area contributed by atoms with Crippen LogP contribution in [0.15, 0.2) is 40.9 Å². The molecule has 128 valence electrons. The molecule has 2 rings (SSSR count). The summed E-state index contributed by atoms with van der Waals surface area (Å²) in [6.45, 7) is 2.03. The summed E-state index contributed by atoms with van der Waals surface area (Å²) in [6.07, 6.45) is 0. The van der Waals surface area contributed by atoms with Crippen molar-refractivity contribution in [2.45, 2.75) is 13.0 Å². The Labute approximate surface area is 147 Å². The summed E-state index contributed by atoms with van der Waals surface area (Å²) in [7, 11) is 1.59. The molecule has 0 aliphatic heterocycles. The lowest BCUT2D eigenvalue weighted by Crippen LogP contribution is -2.86. The summed E-state index contributed by atoms with van der Waals surface area (Å²) in [6, 6.07) is 8.62.